The number of nitrogens with zero attached hydrogens (tertiary/aromatic N) is 3. The molecule has 5 heterocycles. The zero-order valence-corrected chi connectivity index (χ0v) is 37.4. The molecule has 0 bridgehead atoms. The van der Waals surface area contributed by atoms with E-state index in [1.165, 1.54) is 62.3 Å². The van der Waals surface area contributed by atoms with Crippen LogP contribution >= 0.6 is 18.9 Å². The highest BCUT2D eigenvalue weighted by molar-refractivity contribution is 7.56. The van der Waals surface area contributed by atoms with Crippen LogP contribution in [0.4, 0.5) is 8.78 Å². The van der Waals surface area contributed by atoms with E-state index in [2.05, 4.69) is 27.6 Å². The summed E-state index contributed by atoms with van der Waals surface area (Å²) in [7, 11) is 1.29. The fourth-order valence-electron chi connectivity index (χ4n) is 7.09. The number of carbonyl (C=O) groups excluding carboxylic acids is 4. The summed E-state index contributed by atoms with van der Waals surface area (Å²) in [6.45, 7) is 6.51. The van der Waals surface area contributed by atoms with Crippen LogP contribution in [0.2, 0.25) is 0 Å². The van der Waals surface area contributed by atoms with E-state index in [9.17, 15) is 32.5 Å². The standard InChI is InChI=1S/C19H18NO4PS.C11H12F2N2O2.C9H15NO.C4H10O.CH5N/c1-14(11-21)20-25(23,24-17-5-3-2-4-6-17)13-15-7-8-19-16(9-15)10-18(12-22)26-19;1-17-8-2-3-14-10(11(12)13)9(8)7-4-15(5-7)6-16;11-9-6-2-1-4-8-5-3-7-10(8)9;1-3-4-5-2;1-2/h2-12,14H,13H2,1H3,(H,20,23);2-3,6-7,11H,4-5H2,1H3;8H,1-7H2;3-4H2,1-2H3;2H2,1H3. The molecule has 7 rings (SSSR count). The molecule has 3 fully saturated rings. The number of ether oxygens (including phenoxy) is 2. The number of hydrogen-bond acceptors (Lipinski definition) is 11. The highest BCUT2D eigenvalue weighted by atomic mass is 32.1. The molecule has 17 heteroatoms. The Bertz CT molecular complexity index is 2000. The second kappa shape index (κ2) is 26.7. The molecule has 61 heavy (non-hydrogen) atoms. The number of amides is 2. The number of fused-ring (bicyclic) bond motifs is 2. The van der Waals surface area contributed by atoms with Crippen molar-refractivity contribution in [2.75, 3.05) is 47.5 Å². The Morgan fingerprint density at radius 3 is 2.34 bits per heavy atom. The lowest BCUT2D eigenvalue weighted by Gasteiger charge is -2.37. The lowest BCUT2D eigenvalue weighted by Crippen LogP contribution is -2.44. The molecule has 3 saturated heterocycles. The Hall–Kier alpha value is -4.60. The number of rotatable bonds is 14. The molecule has 0 spiro atoms. The maximum Gasteiger partial charge on any atom is 0.321 e. The highest BCUT2D eigenvalue weighted by Crippen LogP contribution is 2.47. The molecule has 0 aliphatic carbocycles. The van der Waals surface area contributed by atoms with Crippen molar-refractivity contribution >= 4 is 53.8 Å². The molecule has 2 amide bonds. The number of likely N-dealkylation sites (tertiary alicyclic amines) is 1. The highest BCUT2D eigenvalue weighted by Gasteiger charge is 2.34. The minimum atomic E-state index is -3.36. The van der Waals surface area contributed by atoms with Gasteiger partial charge >= 0.3 is 7.52 Å². The van der Waals surface area contributed by atoms with E-state index in [-0.39, 0.29) is 17.8 Å². The smallest absolute Gasteiger partial charge is 0.321 e. The SMILES string of the molecule is CC(C=O)NP(=O)(Cc1ccc2sc(C=O)cc2c1)Oc1ccccc1.CCCOC.CN.COc1ccnc(C(F)F)c1C1CN(C=O)C1.O=C1CCCCC2CCCN12. The first kappa shape index (κ1) is 50.8. The summed E-state index contributed by atoms with van der Waals surface area (Å²) in [4.78, 5) is 51.8. The first-order chi connectivity index (χ1) is 29.5. The fourth-order valence-corrected chi connectivity index (χ4v) is 9.98. The summed E-state index contributed by atoms with van der Waals surface area (Å²) in [5.41, 5.74) is 5.47. The molecule has 3 N–H and O–H groups in total. The topological polar surface area (TPSA) is 170 Å². The molecule has 3 atom stereocenters. The zero-order chi connectivity index (χ0) is 44.8. The Kier molecular flexibility index (Phi) is 22.2. The van der Waals surface area contributed by atoms with E-state index in [1.807, 2.05) is 24.3 Å². The van der Waals surface area contributed by atoms with Crippen molar-refractivity contribution in [2.45, 2.75) is 89.4 Å². The summed E-state index contributed by atoms with van der Waals surface area (Å²) < 4.78 is 55.6. The van der Waals surface area contributed by atoms with E-state index >= 15 is 0 Å². The summed E-state index contributed by atoms with van der Waals surface area (Å²) in [6, 6.07) is 17.9. The van der Waals surface area contributed by atoms with Crippen LogP contribution in [0.3, 0.4) is 0 Å². The van der Waals surface area contributed by atoms with Gasteiger partial charge in [-0.25, -0.2) is 13.9 Å². The van der Waals surface area contributed by atoms with E-state index in [4.69, 9.17) is 14.0 Å². The van der Waals surface area contributed by atoms with E-state index < -0.39 is 20.0 Å². The molecule has 4 aromatic rings. The largest absolute Gasteiger partial charge is 0.496 e. The minimum Gasteiger partial charge on any atom is -0.496 e. The molecule has 2 aromatic heterocycles. The number of aromatic nitrogens is 1. The number of pyridine rings is 1. The third-order valence-corrected chi connectivity index (χ3v) is 13.0. The third-order valence-electron chi connectivity index (χ3n) is 9.87. The van der Waals surface area contributed by atoms with Crippen LogP contribution in [0, 0.1) is 0 Å². The van der Waals surface area contributed by atoms with E-state index in [0.717, 1.165) is 54.3 Å². The van der Waals surface area contributed by atoms with Gasteiger partial charge in [0.05, 0.1) is 24.2 Å². The summed E-state index contributed by atoms with van der Waals surface area (Å²) in [6.07, 6.45) is 9.06. The van der Waals surface area contributed by atoms with Crippen molar-refractivity contribution in [3.05, 3.63) is 88.6 Å². The van der Waals surface area contributed by atoms with Crippen LogP contribution in [-0.4, -0.2) is 99.3 Å². The van der Waals surface area contributed by atoms with Gasteiger partial charge in [0.15, 0.2) is 6.29 Å². The minimum absolute atomic E-state index is 0.118. The van der Waals surface area contributed by atoms with Crippen LogP contribution < -0.4 is 20.1 Å². The number of nitrogens with one attached hydrogen (secondary N) is 1. The lowest BCUT2D eigenvalue weighted by atomic mass is 9.90. The molecule has 3 unspecified atom stereocenters. The zero-order valence-electron chi connectivity index (χ0n) is 35.7. The number of hydrogen-bond donors (Lipinski definition) is 2. The molecule has 13 nitrogen and oxygen atoms in total. The van der Waals surface area contributed by atoms with E-state index in [1.54, 1.807) is 50.4 Å². The number of thiophene rings is 1. The van der Waals surface area contributed by atoms with Gasteiger partial charge in [-0.05, 0) is 93.4 Å². The number of benzene rings is 2. The average Bonchev–Trinajstić information content (AvgIpc) is 3.86. The molecule has 2 aromatic carbocycles. The first-order valence-corrected chi connectivity index (χ1v) is 23.0. The average molecular weight is 888 g/mol. The van der Waals surface area contributed by atoms with Gasteiger partial charge in [0.1, 0.15) is 23.5 Å². The normalized spacial score (nSPS) is 17.1. The number of methoxy groups -OCH3 is 2. The van der Waals surface area contributed by atoms with E-state index in [0.29, 0.717) is 59.7 Å². The van der Waals surface area contributed by atoms with Gasteiger partial charge in [-0.1, -0.05) is 37.6 Å². The molecular formula is C44H60F2N5O8PS. The molecule has 334 valence electrons. The number of halogens is 2. The second-order valence-electron chi connectivity index (χ2n) is 14.4. The van der Waals surface area contributed by atoms with Gasteiger partial charge in [0.2, 0.25) is 12.3 Å². The fraction of sp³-hybridized carbons (Fsp3) is 0.477. The lowest BCUT2D eigenvalue weighted by molar-refractivity contribution is -0.131. The third kappa shape index (κ3) is 15.7. The monoisotopic (exact) mass is 887 g/mol. The Morgan fingerprint density at radius 1 is 1.02 bits per heavy atom. The van der Waals surface area contributed by atoms with Crippen molar-refractivity contribution in [3.8, 4) is 11.5 Å². The predicted molar refractivity (Wildman–Crippen MR) is 236 cm³/mol. The molecular weight excluding hydrogens is 828 g/mol. The van der Waals surface area contributed by atoms with Gasteiger partial charge in [0.25, 0.3) is 6.43 Å². The number of para-hydroxylation sites is 1. The number of nitrogens with two attached hydrogens (primary N) is 1. The van der Waals surface area contributed by atoms with Gasteiger partial charge in [-0.15, -0.1) is 11.3 Å². The van der Waals surface area contributed by atoms with Crippen LogP contribution in [0.1, 0.15) is 97.6 Å². The molecule has 3 aliphatic heterocycles. The van der Waals surface area contributed by atoms with Crippen LogP contribution in [0.5, 0.6) is 11.5 Å². The number of carbonyl (C=O) groups is 4. The van der Waals surface area contributed by atoms with Gasteiger partial charge in [0, 0.05) is 68.2 Å². The van der Waals surface area contributed by atoms with Crippen LogP contribution in [0.15, 0.2) is 66.9 Å². The maximum atomic E-state index is 13.4. The summed E-state index contributed by atoms with van der Waals surface area (Å²) in [5, 5.41) is 3.74. The Balaban J connectivity index is 0.000000242. The van der Waals surface area contributed by atoms with Crippen molar-refractivity contribution in [1.29, 1.82) is 0 Å². The molecule has 0 saturated carbocycles. The van der Waals surface area contributed by atoms with Crippen molar-refractivity contribution in [3.63, 3.8) is 0 Å². The van der Waals surface area contributed by atoms with Crippen LogP contribution in [0.25, 0.3) is 10.1 Å². The van der Waals surface area contributed by atoms with Crippen molar-refractivity contribution in [2.24, 2.45) is 5.73 Å². The molecule has 0 radical (unpaired) electrons. The summed E-state index contributed by atoms with van der Waals surface area (Å²) >= 11 is 1.41. The Labute approximate surface area is 361 Å². The van der Waals surface area contributed by atoms with Gasteiger partial charge in [-0.3, -0.25) is 23.9 Å². The molecule has 3 aliphatic rings. The number of aldehydes is 2. The maximum absolute atomic E-state index is 13.4. The second-order valence-corrected chi connectivity index (χ2v) is 17.6. The quantitative estimate of drug-likeness (QED) is 0.0921. The van der Waals surface area contributed by atoms with Crippen molar-refractivity contribution < 1.29 is 46.5 Å². The first-order valence-electron chi connectivity index (χ1n) is 20.4. The predicted octanol–water partition coefficient (Wildman–Crippen LogP) is 8.42. The van der Waals surface area contributed by atoms with Crippen LogP contribution in [-0.2, 0) is 29.8 Å². The van der Waals surface area contributed by atoms with Gasteiger partial charge < -0.3 is 34.3 Å². The van der Waals surface area contributed by atoms with Gasteiger partial charge in [-0.2, -0.15) is 0 Å². The Morgan fingerprint density at radius 2 is 1.74 bits per heavy atom. The summed E-state index contributed by atoms with van der Waals surface area (Å²) in [5.74, 6) is 1.17. The number of alkyl halides is 2. The van der Waals surface area contributed by atoms with Crippen molar-refractivity contribution in [1.82, 2.24) is 19.9 Å².